The van der Waals surface area contributed by atoms with E-state index in [2.05, 4.69) is 6.08 Å². The van der Waals surface area contributed by atoms with E-state index in [1.807, 2.05) is 32.9 Å². The zero-order valence-electron chi connectivity index (χ0n) is 11.2. The van der Waals surface area contributed by atoms with Crippen molar-refractivity contribution in [2.45, 2.75) is 32.8 Å². The van der Waals surface area contributed by atoms with Crippen molar-refractivity contribution < 1.29 is 14.6 Å². The number of aliphatic hydroxyl groups excluding tert-OH is 1. The van der Waals surface area contributed by atoms with Crippen LogP contribution in [-0.2, 0) is 4.74 Å². The SMILES string of the molecule is CC(C)(C)OC(=O)N1CC(CO)C2CC=CC=C21. The van der Waals surface area contributed by atoms with Crippen molar-refractivity contribution in [2.75, 3.05) is 13.2 Å². The molecule has 4 nitrogen and oxygen atoms in total. The minimum Gasteiger partial charge on any atom is -0.443 e. The lowest BCUT2D eigenvalue weighted by molar-refractivity contribution is 0.0325. The van der Waals surface area contributed by atoms with Crippen LogP contribution in [0.15, 0.2) is 23.9 Å². The Kier molecular flexibility index (Phi) is 3.48. The van der Waals surface area contributed by atoms with Crippen molar-refractivity contribution in [2.24, 2.45) is 11.8 Å². The highest BCUT2D eigenvalue weighted by atomic mass is 16.6. The molecule has 2 rings (SSSR count). The second-order valence-electron chi connectivity index (χ2n) is 5.90. The van der Waals surface area contributed by atoms with Gasteiger partial charge in [-0.15, -0.1) is 0 Å². The van der Waals surface area contributed by atoms with Gasteiger partial charge in [0, 0.05) is 30.7 Å². The number of fused-ring (bicyclic) bond motifs is 1. The Morgan fingerprint density at radius 3 is 2.89 bits per heavy atom. The molecular formula is C14H21NO3. The Labute approximate surface area is 108 Å². The topological polar surface area (TPSA) is 49.8 Å². The van der Waals surface area contributed by atoms with E-state index in [9.17, 15) is 9.90 Å². The number of ether oxygens (including phenoxy) is 1. The van der Waals surface area contributed by atoms with E-state index in [0.717, 1.165) is 12.1 Å². The quantitative estimate of drug-likeness (QED) is 0.778. The Morgan fingerprint density at radius 2 is 2.28 bits per heavy atom. The second kappa shape index (κ2) is 4.76. The summed E-state index contributed by atoms with van der Waals surface area (Å²) in [4.78, 5) is 13.8. The molecule has 1 saturated heterocycles. The van der Waals surface area contributed by atoms with Gasteiger partial charge in [0.25, 0.3) is 0 Å². The predicted octanol–water partition coefficient (Wildman–Crippen LogP) is 2.31. The third-order valence-electron chi connectivity index (χ3n) is 3.32. The van der Waals surface area contributed by atoms with Crippen LogP contribution in [0.4, 0.5) is 4.79 Å². The molecule has 0 aromatic heterocycles. The highest BCUT2D eigenvalue weighted by Crippen LogP contribution is 2.38. The van der Waals surface area contributed by atoms with Gasteiger partial charge in [-0.25, -0.2) is 4.79 Å². The third kappa shape index (κ3) is 2.58. The van der Waals surface area contributed by atoms with Crippen LogP contribution in [0.3, 0.4) is 0 Å². The van der Waals surface area contributed by atoms with Crippen LogP contribution in [0.5, 0.6) is 0 Å². The summed E-state index contributed by atoms with van der Waals surface area (Å²) in [5.41, 5.74) is 0.486. The largest absolute Gasteiger partial charge is 0.443 e. The van der Waals surface area contributed by atoms with E-state index in [1.165, 1.54) is 0 Å². The monoisotopic (exact) mass is 251 g/mol. The molecule has 100 valence electrons. The molecule has 0 aromatic carbocycles. The molecular weight excluding hydrogens is 230 g/mol. The molecule has 1 amide bonds. The Hall–Kier alpha value is -1.29. The molecule has 2 aliphatic rings. The van der Waals surface area contributed by atoms with Crippen molar-refractivity contribution >= 4 is 6.09 Å². The average Bonchev–Trinajstić information content (AvgIpc) is 2.65. The van der Waals surface area contributed by atoms with Crippen LogP contribution >= 0.6 is 0 Å². The maximum atomic E-state index is 12.1. The Bertz CT molecular complexity index is 392. The van der Waals surface area contributed by atoms with Gasteiger partial charge in [-0.1, -0.05) is 12.2 Å². The minimum absolute atomic E-state index is 0.106. The van der Waals surface area contributed by atoms with Gasteiger partial charge in [0.05, 0.1) is 0 Å². The summed E-state index contributed by atoms with van der Waals surface area (Å²) in [5, 5.41) is 9.41. The summed E-state index contributed by atoms with van der Waals surface area (Å²) >= 11 is 0. The standard InChI is InChI=1S/C14H21NO3/c1-14(2,3)18-13(17)15-8-10(9-16)11-6-4-5-7-12(11)15/h4-5,7,10-11,16H,6,8-9H2,1-3H3. The first-order valence-corrected chi connectivity index (χ1v) is 6.40. The van der Waals surface area contributed by atoms with E-state index in [-0.39, 0.29) is 24.5 Å². The molecule has 2 atom stereocenters. The number of likely N-dealkylation sites (tertiary alicyclic amines) is 1. The van der Waals surface area contributed by atoms with Crippen molar-refractivity contribution in [3.05, 3.63) is 23.9 Å². The Balaban J connectivity index is 2.16. The highest BCUT2D eigenvalue weighted by molar-refractivity contribution is 5.71. The average molecular weight is 251 g/mol. The second-order valence-corrected chi connectivity index (χ2v) is 5.90. The first-order chi connectivity index (χ1) is 8.42. The van der Waals surface area contributed by atoms with Gasteiger partial charge in [-0.3, -0.25) is 4.90 Å². The summed E-state index contributed by atoms with van der Waals surface area (Å²) in [6.07, 6.45) is 6.56. The summed E-state index contributed by atoms with van der Waals surface area (Å²) < 4.78 is 5.40. The lowest BCUT2D eigenvalue weighted by Gasteiger charge is -2.26. The molecule has 0 saturated carbocycles. The fraction of sp³-hybridized carbons (Fsp3) is 0.643. The van der Waals surface area contributed by atoms with E-state index < -0.39 is 5.60 Å². The van der Waals surface area contributed by atoms with Crippen LogP contribution in [-0.4, -0.2) is 34.9 Å². The lowest BCUT2D eigenvalue weighted by Crippen LogP contribution is -2.35. The fourth-order valence-electron chi connectivity index (χ4n) is 2.51. The predicted molar refractivity (Wildman–Crippen MR) is 68.8 cm³/mol. The van der Waals surface area contributed by atoms with E-state index in [1.54, 1.807) is 4.90 Å². The number of carbonyl (C=O) groups excluding carboxylic acids is 1. The smallest absolute Gasteiger partial charge is 0.414 e. The number of aliphatic hydroxyl groups is 1. The molecule has 1 aliphatic heterocycles. The minimum atomic E-state index is -0.491. The summed E-state index contributed by atoms with van der Waals surface area (Å²) in [6.45, 7) is 6.23. The number of nitrogens with zero attached hydrogens (tertiary/aromatic N) is 1. The maximum absolute atomic E-state index is 12.1. The van der Waals surface area contributed by atoms with Gasteiger partial charge >= 0.3 is 6.09 Å². The number of allylic oxidation sites excluding steroid dienone is 4. The molecule has 1 N–H and O–H groups in total. The molecule has 1 aliphatic carbocycles. The molecule has 18 heavy (non-hydrogen) atoms. The summed E-state index contributed by atoms with van der Waals surface area (Å²) in [5.74, 6) is 0.362. The molecule has 4 heteroatoms. The van der Waals surface area contributed by atoms with Crippen LogP contribution in [0.2, 0.25) is 0 Å². The zero-order chi connectivity index (χ0) is 13.3. The van der Waals surface area contributed by atoms with Crippen molar-refractivity contribution in [3.8, 4) is 0 Å². The van der Waals surface area contributed by atoms with Gasteiger partial charge in [-0.05, 0) is 33.3 Å². The number of carbonyl (C=O) groups is 1. The van der Waals surface area contributed by atoms with Crippen LogP contribution in [0.1, 0.15) is 27.2 Å². The third-order valence-corrected chi connectivity index (χ3v) is 3.32. The van der Waals surface area contributed by atoms with Crippen molar-refractivity contribution in [1.29, 1.82) is 0 Å². The molecule has 0 spiro atoms. The fourth-order valence-corrected chi connectivity index (χ4v) is 2.51. The van der Waals surface area contributed by atoms with Gasteiger partial charge in [0.15, 0.2) is 0 Å². The summed E-state index contributed by atoms with van der Waals surface area (Å²) in [7, 11) is 0. The first kappa shape index (κ1) is 13.1. The summed E-state index contributed by atoms with van der Waals surface area (Å²) in [6, 6.07) is 0. The number of rotatable bonds is 1. The number of amides is 1. The molecule has 1 fully saturated rings. The highest BCUT2D eigenvalue weighted by Gasteiger charge is 2.40. The van der Waals surface area contributed by atoms with Gasteiger partial charge in [0.2, 0.25) is 0 Å². The maximum Gasteiger partial charge on any atom is 0.414 e. The van der Waals surface area contributed by atoms with Crippen LogP contribution in [0, 0.1) is 11.8 Å². The Morgan fingerprint density at radius 1 is 1.56 bits per heavy atom. The molecule has 0 aromatic rings. The lowest BCUT2D eigenvalue weighted by atomic mass is 9.89. The molecule has 0 bridgehead atoms. The first-order valence-electron chi connectivity index (χ1n) is 6.40. The number of hydrogen-bond donors (Lipinski definition) is 1. The van der Waals surface area contributed by atoms with Gasteiger partial charge in [-0.2, -0.15) is 0 Å². The molecule has 2 unspecified atom stereocenters. The van der Waals surface area contributed by atoms with Gasteiger partial charge < -0.3 is 9.84 Å². The van der Waals surface area contributed by atoms with Crippen molar-refractivity contribution in [3.63, 3.8) is 0 Å². The normalized spacial score (nSPS) is 26.9. The zero-order valence-corrected chi connectivity index (χ0v) is 11.2. The van der Waals surface area contributed by atoms with E-state index >= 15 is 0 Å². The molecule has 1 heterocycles. The van der Waals surface area contributed by atoms with E-state index in [4.69, 9.17) is 4.74 Å². The van der Waals surface area contributed by atoms with Crippen LogP contribution in [0.25, 0.3) is 0 Å². The molecule has 0 radical (unpaired) electrons. The number of hydrogen-bond acceptors (Lipinski definition) is 3. The van der Waals surface area contributed by atoms with E-state index in [0.29, 0.717) is 6.54 Å². The van der Waals surface area contributed by atoms with Crippen molar-refractivity contribution in [1.82, 2.24) is 4.90 Å². The van der Waals surface area contributed by atoms with Crippen LogP contribution < -0.4 is 0 Å². The van der Waals surface area contributed by atoms with Gasteiger partial charge in [0.1, 0.15) is 5.60 Å².